The summed E-state index contributed by atoms with van der Waals surface area (Å²) in [5.74, 6) is 1.91. The van der Waals surface area contributed by atoms with Crippen molar-refractivity contribution in [2.24, 2.45) is 0 Å². The average molecular weight is 702 g/mol. The van der Waals surface area contributed by atoms with Crippen molar-refractivity contribution in [1.82, 2.24) is 15.0 Å². The van der Waals surface area contributed by atoms with E-state index in [2.05, 4.69) is 158 Å². The fraction of sp³-hybridized carbons (Fsp3) is 0. The molecule has 4 nitrogen and oxygen atoms in total. The van der Waals surface area contributed by atoms with Gasteiger partial charge in [-0.2, -0.15) is 0 Å². The minimum absolute atomic E-state index is 0.631. The van der Waals surface area contributed by atoms with Gasteiger partial charge in [0.1, 0.15) is 11.2 Å². The molecule has 0 atom stereocenters. The second-order valence-electron chi connectivity index (χ2n) is 13.9. The Labute approximate surface area is 317 Å². The number of rotatable bonds is 5. The molecular formula is C51H31N3O. The molecule has 2 heterocycles. The van der Waals surface area contributed by atoms with E-state index in [1.54, 1.807) is 0 Å². The van der Waals surface area contributed by atoms with Crippen LogP contribution in [0, 0.1) is 0 Å². The lowest BCUT2D eigenvalue weighted by atomic mass is 9.90. The van der Waals surface area contributed by atoms with E-state index >= 15 is 0 Å². The Morgan fingerprint density at radius 2 is 0.873 bits per heavy atom. The molecule has 55 heavy (non-hydrogen) atoms. The Hall–Kier alpha value is -7.43. The standard InChI is InChI=1S/C51H31N3O/c1-3-15-33(16-4-1)44-31-46-48(41-23-12-11-22-39(41)44)47-42(24-13-25-45(47)55-46)40-28-29-43(38-21-10-9-20-37(38)40)51-53-49(34-17-5-2-6-18-34)52-50(54-51)36-27-26-32-14-7-8-19-35(32)30-36/h1-31H. The molecule has 2 aromatic heterocycles. The van der Waals surface area contributed by atoms with E-state index in [0.717, 1.165) is 71.5 Å². The summed E-state index contributed by atoms with van der Waals surface area (Å²) < 4.78 is 6.70. The van der Waals surface area contributed by atoms with Crippen molar-refractivity contribution in [3.63, 3.8) is 0 Å². The lowest BCUT2D eigenvalue weighted by Crippen LogP contribution is -2.00. The summed E-state index contributed by atoms with van der Waals surface area (Å²) in [5, 5.41) is 9.10. The molecule has 9 aromatic carbocycles. The zero-order chi connectivity index (χ0) is 36.3. The number of fused-ring (bicyclic) bond motifs is 7. The van der Waals surface area contributed by atoms with Gasteiger partial charge in [0.05, 0.1) is 0 Å². The lowest BCUT2D eigenvalue weighted by molar-refractivity contribution is 0.669. The highest BCUT2D eigenvalue weighted by atomic mass is 16.3. The zero-order valence-corrected chi connectivity index (χ0v) is 29.6. The van der Waals surface area contributed by atoms with Crippen LogP contribution in [0.2, 0.25) is 0 Å². The van der Waals surface area contributed by atoms with Gasteiger partial charge in [0.2, 0.25) is 0 Å². The normalized spacial score (nSPS) is 11.6. The van der Waals surface area contributed by atoms with E-state index < -0.39 is 0 Å². The van der Waals surface area contributed by atoms with Gasteiger partial charge in [0.25, 0.3) is 0 Å². The summed E-state index contributed by atoms with van der Waals surface area (Å²) in [4.78, 5) is 15.3. The van der Waals surface area contributed by atoms with Crippen LogP contribution in [0.1, 0.15) is 0 Å². The third-order valence-corrected chi connectivity index (χ3v) is 10.7. The molecule has 0 aliphatic heterocycles. The molecule has 0 spiro atoms. The van der Waals surface area contributed by atoms with Crippen molar-refractivity contribution in [2.75, 3.05) is 0 Å². The first-order valence-corrected chi connectivity index (χ1v) is 18.5. The van der Waals surface area contributed by atoms with Crippen LogP contribution in [0.15, 0.2) is 192 Å². The van der Waals surface area contributed by atoms with Crippen LogP contribution in [0.3, 0.4) is 0 Å². The molecule has 0 aliphatic carbocycles. The maximum atomic E-state index is 6.70. The van der Waals surface area contributed by atoms with Crippen molar-refractivity contribution in [3.05, 3.63) is 188 Å². The monoisotopic (exact) mass is 701 g/mol. The van der Waals surface area contributed by atoms with Gasteiger partial charge in [-0.15, -0.1) is 0 Å². The molecule has 0 radical (unpaired) electrons. The van der Waals surface area contributed by atoms with Crippen molar-refractivity contribution in [3.8, 4) is 56.4 Å². The Morgan fingerprint density at radius 1 is 0.291 bits per heavy atom. The Bertz CT molecular complexity index is 3260. The molecule has 4 heteroatoms. The first kappa shape index (κ1) is 31.1. The number of hydrogen-bond donors (Lipinski definition) is 0. The second-order valence-corrected chi connectivity index (χ2v) is 13.9. The smallest absolute Gasteiger partial charge is 0.164 e. The van der Waals surface area contributed by atoms with Crippen LogP contribution in [-0.2, 0) is 0 Å². The van der Waals surface area contributed by atoms with Crippen molar-refractivity contribution in [1.29, 1.82) is 0 Å². The first-order chi connectivity index (χ1) is 27.3. The maximum absolute atomic E-state index is 6.70. The molecule has 11 aromatic rings. The predicted octanol–water partition coefficient (Wildman–Crippen LogP) is 13.6. The quantitative estimate of drug-likeness (QED) is 0.179. The number of benzene rings is 9. The number of aromatic nitrogens is 3. The highest BCUT2D eigenvalue weighted by Gasteiger charge is 2.21. The molecule has 0 fully saturated rings. The maximum Gasteiger partial charge on any atom is 0.164 e. The molecule has 0 amide bonds. The summed E-state index contributed by atoms with van der Waals surface area (Å²) in [6.07, 6.45) is 0. The molecule has 0 unspecified atom stereocenters. The topological polar surface area (TPSA) is 51.8 Å². The summed E-state index contributed by atoms with van der Waals surface area (Å²) in [6, 6.07) is 65.7. The molecule has 11 rings (SSSR count). The summed E-state index contributed by atoms with van der Waals surface area (Å²) >= 11 is 0. The van der Waals surface area contributed by atoms with Crippen molar-refractivity contribution in [2.45, 2.75) is 0 Å². The van der Waals surface area contributed by atoms with Gasteiger partial charge < -0.3 is 4.42 Å². The van der Waals surface area contributed by atoms with E-state index in [0.29, 0.717) is 17.5 Å². The predicted molar refractivity (Wildman–Crippen MR) is 227 cm³/mol. The number of furan rings is 1. The van der Waals surface area contributed by atoms with Gasteiger partial charge in [-0.05, 0) is 78.8 Å². The van der Waals surface area contributed by atoms with Gasteiger partial charge in [-0.1, -0.05) is 164 Å². The van der Waals surface area contributed by atoms with E-state index in [1.807, 2.05) is 30.3 Å². The first-order valence-electron chi connectivity index (χ1n) is 18.5. The molecule has 0 aliphatic rings. The molecule has 256 valence electrons. The molecule has 0 bridgehead atoms. The van der Waals surface area contributed by atoms with Crippen LogP contribution in [0.25, 0.3) is 111 Å². The minimum Gasteiger partial charge on any atom is -0.456 e. The zero-order valence-electron chi connectivity index (χ0n) is 29.6. The van der Waals surface area contributed by atoms with Crippen molar-refractivity contribution < 1.29 is 4.42 Å². The van der Waals surface area contributed by atoms with E-state index in [4.69, 9.17) is 19.4 Å². The second kappa shape index (κ2) is 12.6. The van der Waals surface area contributed by atoms with Crippen LogP contribution in [-0.4, -0.2) is 15.0 Å². The highest BCUT2D eigenvalue weighted by molar-refractivity contribution is 6.26. The van der Waals surface area contributed by atoms with Gasteiger partial charge in [0, 0.05) is 27.5 Å². The molecule has 0 N–H and O–H groups in total. The van der Waals surface area contributed by atoms with Crippen LogP contribution >= 0.6 is 0 Å². The number of hydrogen-bond acceptors (Lipinski definition) is 4. The third-order valence-electron chi connectivity index (χ3n) is 10.7. The van der Waals surface area contributed by atoms with Crippen LogP contribution in [0.5, 0.6) is 0 Å². The van der Waals surface area contributed by atoms with E-state index in [1.165, 1.54) is 21.7 Å². The summed E-state index contributed by atoms with van der Waals surface area (Å²) in [7, 11) is 0. The average Bonchev–Trinajstić information content (AvgIpc) is 3.65. The molecule has 0 saturated carbocycles. The van der Waals surface area contributed by atoms with Gasteiger partial charge in [0.15, 0.2) is 17.5 Å². The summed E-state index contributed by atoms with van der Waals surface area (Å²) in [6.45, 7) is 0. The third kappa shape index (κ3) is 5.19. The Balaban J connectivity index is 1.13. The van der Waals surface area contributed by atoms with Crippen LogP contribution < -0.4 is 0 Å². The van der Waals surface area contributed by atoms with Gasteiger partial charge in [-0.25, -0.2) is 15.0 Å². The van der Waals surface area contributed by atoms with Gasteiger partial charge >= 0.3 is 0 Å². The van der Waals surface area contributed by atoms with E-state index in [9.17, 15) is 0 Å². The van der Waals surface area contributed by atoms with Gasteiger partial charge in [-0.3, -0.25) is 0 Å². The largest absolute Gasteiger partial charge is 0.456 e. The minimum atomic E-state index is 0.631. The Kier molecular flexibility index (Phi) is 7.14. The fourth-order valence-electron chi connectivity index (χ4n) is 8.16. The Morgan fingerprint density at radius 3 is 1.64 bits per heavy atom. The SMILES string of the molecule is c1ccc(-c2nc(-c3ccc4ccccc4c3)nc(-c3ccc(-c4cccc5oc6cc(-c7ccccc7)c7ccccc7c6c45)c4ccccc34)n2)cc1. The molecular weight excluding hydrogens is 671 g/mol. The van der Waals surface area contributed by atoms with Crippen LogP contribution in [0.4, 0.5) is 0 Å². The lowest BCUT2D eigenvalue weighted by Gasteiger charge is -2.14. The number of nitrogens with zero attached hydrogens (tertiary/aromatic N) is 3. The van der Waals surface area contributed by atoms with E-state index in [-0.39, 0.29) is 0 Å². The van der Waals surface area contributed by atoms with Crippen molar-refractivity contribution >= 4 is 54.3 Å². The molecule has 0 saturated heterocycles. The highest BCUT2D eigenvalue weighted by Crippen LogP contribution is 2.45. The fourth-order valence-corrected chi connectivity index (χ4v) is 8.16. The summed E-state index contributed by atoms with van der Waals surface area (Å²) in [5.41, 5.74) is 9.14.